The molecule has 1 aromatic carbocycles. The first-order valence-corrected chi connectivity index (χ1v) is 8.77. The molecule has 1 rings (SSSR count). The van der Waals surface area contributed by atoms with Crippen LogP contribution >= 0.6 is 23.2 Å². The van der Waals surface area contributed by atoms with Gasteiger partial charge >= 0.3 is 0 Å². The first kappa shape index (κ1) is 19.4. The minimum atomic E-state index is -4.05. The summed E-state index contributed by atoms with van der Waals surface area (Å²) in [5.41, 5.74) is 0. The van der Waals surface area contributed by atoms with Crippen molar-refractivity contribution in [1.29, 1.82) is 0 Å². The van der Waals surface area contributed by atoms with E-state index in [1.165, 1.54) is 12.1 Å². The number of hydrogen-bond acceptors (Lipinski definition) is 4. The largest absolute Gasteiger partial charge is 0.269 e. The van der Waals surface area contributed by atoms with Crippen LogP contribution in [0.1, 0.15) is 26.2 Å². The van der Waals surface area contributed by atoms with Crippen LogP contribution in [0.4, 0.5) is 4.70 Å². The van der Waals surface area contributed by atoms with Gasteiger partial charge in [0.1, 0.15) is 0 Å². The Kier molecular flexibility index (Phi) is 7.72. The average molecular weight is 363 g/mol. The van der Waals surface area contributed by atoms with Crippen LogP contribution in [0.15, 0.2) is 23.1 Å². The van der Waals surface area contributed by atoms with Crippen LogP contribution in [-0.4, -0.2) is 21.0 Å². The predicted molar refractivity (Wildman–Crippen MR) is 79.6 cm³/mol. The Morgan fingerprint density at radius 2 is 1.80 bits per heavy atom. The molecule has 0 aliphatic heterocycles. The standard InChI is InChI=1S/C11H12Cl2O4S2.FH/c1-2-3-4-11(18(14)15)19(16,17)8-5-6-9(12)10(13)7-8;/h5-7H,2-4H2,1H3;1H. The molecule has 0 aliphatic carbocycles. The predicted octanol–water partition coefficient (Wildman–Crippen LogP) is 3.12. The number of unbranched alkanes of at least 4 members (excludes halogenated alkanes) is 1. The van der Waals surface area contributed by atoms with Crippen molar-refractivity contribution in [2.75, 3.05) is 0 Å². The lowest BCUT2D eigenvalue weighted by molar-refractivity contribution is 0.606. The molecule has 0 radical (unpaired) electrons. The van der Waals surface area contributed by atoms with Gasteiger partial charge in [-0.25, -0.2) is 8.42 Å². The zero-order valence-electron chi connectivity index (χ0n) is 10.5. The molecule has 0 aliphatic rings. The second-order valence-electron chi connectivity index (χ2n) is 3.79. The quantitative estimate of drug-likeness (QED) is 0.771. The lowest BCUT2D eigenvalue weighted by atomic mass is 10.3. The summed E-state index contributed by atoms with van der Waals surface area (Å²) in [6, 6.07) is 3.71. The fourth-order valence-electron chi connectivity index (χ4n) is 1.40. The van der Waals surface area contributed by atoms with Crippen LogP contribution in [0.5, 0.6) is 0 Å². The van der Waals surface area contributed by atoms with Crippen LogP contribution in [0, 0.1) is 0 Å². The highest BCUT2D eigenvalue weighted by molar-refractivity contribution is 8.15. The molecule has 0 spiro atoms. The van der Waals surface area contributed by atoms with Crippen molar-refractivity contribution in [1.82, 2.24) is 0 Å². The van der Waals surface area contributed by atoms with Crippen molar-refractivity contribution < 1.29 is 21.5 Å². The molecule has 0 amide bonds. The van der Waals surface area contributed by atoms with Gasteiger partial charge in [0.15, 0.2) is 4.20 Å². The van der Waals surface area contributed by atoms with Gasteiger partial charge in [-0.15, -0.1) is 0 Å². The molecule has 0 aromatic heterocycles. The molecule has 0 saturated heterocycles. The molecule has 114 valence electrons. The minimum Gasteiger partial charge on any atom is -0.269 e. The third-order valence-corrected chi connectivity index (χ3v) is 6.48. The molecule has 0 heterocycles. The molecule has 4 nitrogen and oxygen atoms in total. The SMILES string of the molecule is CCCCC(=S(=O)=O)S(=O)(=O)c1ccc(Cl)c(Cl)c1.F. The summed E-state index contributed by atoms with van der Waals surface area (Å²) in [5, 5.41) is 0.272. The van der Waals surface area contributed by atoms with Crippen molar-refractivity contribution in [3.8, 4) is 0 Å². The molecule has 0 unspecified atom stereocenters. The van der Waals surface area contributed by atoms with Crippen molar-refractivity contribution in [2.24, 2.45) is 0 Å². The van der Waals surface area contributed by atoms with Crippen LogP contribution < -0.4 is 0 Å². The zero-order valence-corrected chi connectivity index (χ0v) is 13.6. The molecule has 9 heteroatoms. The lowest BCUT2D eigenvalue weighted by Gasteiger charge is -2.06. The number of benzene rings is 1. The molecule has 20 heavy (non-hydrogen) atoms. The van der Waals surface area contributed by atoms with Gasteiger partial charge in [0.05, 0.1) is 14.9 Å². The monoisotopic (exact) mass is 362 g/mol. The van der Waals surface area contributed by atoms with Gasteiger partial charge in [-0.05, 0) is 31.0 Å². The summed E-state index contributed by atoms with van der Waals surface area (Å²) in [6.07, 6.45) is 1.15. The Bertz CT molecular complexity index is 704. The van der Waals surface area contributed by atoms with Gasteiger partial charge in [-0.1, -0.05) is 36.5 Å². The van der Waals surface area contributed by atoms with E-state index in [1.807, 2.05) is 6.92 Å². The highest BCUT2D eigenvalue weighted by Crippen LogP contribution is 2.26. The second kappa shape index (κ2) is 7.97. The molecule has 0 saturated carbocycles. The Balaban J connectivity index is 0.00000361. The first-order valence-electron chi connectivity index (χ1n) is 5.46. The van der Waals surface area contributed by atoms with E-state index >= 15 is 0 Å². The van der Waals surface area contributed by atoms with Crippen LogP contribution in [0.3, 0.4) is 0 Å². The van der Waals surface area contributed by atoms with Crippen molar-refractivity contribution in [3.63, 3.8) is 0 Å². The van der Waals surface area contributed by atoms with Gasteiger partial charge in [0, 0.05) is 0 Å². The van der Waals surface area contributed by atoms with Crippen LogP contribution in [0.2, 0.25) is 10.0 Å². The molecule has 0 atom stereocenters. The number of rotatable bonds is 4. The average Bonchev–Trinajstić information content (AvgIpc) is 2.32. The Hall–Kier alpha value is -0.630. The Morgan fingerprint density at radius 3 is 2.25 bits per heavy atom. The molecule has 0 fully saturated rings. The summed E-state index contributed by atoms with van der Waals surface area (Å²) >= 11 is 11.5. The number of sulfone groups is 1. The Labute approximate surface area is 128 Å². The van der Waals surface area contributed by atoms with E-state index in [2.05, 4.69) is 0 Å². The number of hydrogen-bond donors (Lipinski definition) is 0. The molecular formula is C11H13Cl2FO4S2. The van der Waals surface area contributed by atoms with E-state index in [0.717, 1.165) is 6.07 Å². The maximum Gasteiger partial charge on any atom is 0.229 e. The van der Waals surface area contributed by atoms with E-state index in [-0.39, 0.29) is 26.1 Å². The van der Waals surface area contributed by atoms with E-state index < -0.39 is 24.3 Å². The van der Waals surface area contributed by atoms with E-state index in [4.69, 9.17) is 23.2 Å². The summed E-state index contributed by atoms with van der Waals surface area (Å²) in [7, 11) is -6.84. The van der Waals surface area contributed by atoms with Gasteiger partial charge < -0.3 is 0 Å². The molecule has 0 bridgehead atoms. The van der Waals surface area contributed by atoms with Gasteiger partial charge in [-0.2, -0.15) is 8.42 Å². The summed E-state index contributed by atoms with van der Waals surface area (Å²) < 4.78 is 46.1. The highest BCUT2D eigenvalue weighted by Gasteiger charge is 2.24. The van der Waals surface area contributed by atoms with Crippen LogP contribution in [-0.2, 0) is 20.1 Å². The minimum absolute atomic E-state index is 0. The maximum atomic E-state index is 12.2. The van der Waals surface area contributed by atoms with Gasteiger partial charge in [-0.3, -0.25) is 4.70 Å². The van der Waals surface area contributed by atoms with Crippen molar-refractivity contribution in [2.45, 2.75) is 31.1 Å². The van der Waals surface area contributed by atoms with Gasteiger partial charge in [0.25, 0.3) is 0 Å². The second-order valence-corrected chi connectivity index (χ2v) is 7.80. The Morgan fingerprint density at radius 1 is 1.20 bits per heavy atom. The fraction of sp³-hybridized carbons (Fsp3) is 0.364. The smallest absolute Gasteiger partial charge is 0.229 e. The van der Waals surface area contributed by atoms with Crippen molar-refractivity contribution >= 4 is 47.5 Å². The normalized spacial score (nSPS) is 10.8. The fourth-order valence-corrected chi connectivity index (χ4v) is 4.28. The first-order chi connectivity index (χ1) is 8.80. The lowest BCUT2D eigenvalue weighted by Crippen LogP contribution is -2.16. The maximum absolute atomic E-state index is 12.2. The van der Waals surface area contributed by atoms with Gasteiger partial charge in [0.2, 0.25) is 20.1 Å². The molecular weight excluding hydrogens is 350 g/mol. The van der Waals surface area contributed by atoms with E-state index in [1.54, 1.807) is 0 Å². The molecule has 1 aromatic rings. The summed E-state index contributed by atoms with van der Waals surface area (Å²) in [4.78, 5) is -0.169. The third-order valence-electron chi connectivity index (χ3n) is 2.42. The highest BCUT2D eigenvalue weighted by atomic mass is 35.5. The van der Waals surface area contributed by atoms with E-state index in [9.17, 15) is 16.8 Å². The number of halogens is 3. The summed E-state index contributed by atoms with van der Waals surface area (Å²) in [5.74, 6) is 0. The van der Waals surface area contributed by atoms with Crippen LogP contribution in [0.25, 0.3) is 0 Å². The van der Waals surface area contributed by atoms with Crippen molar-refractivity contribution in [3.05, 3.63) is 28.2 Å². The zero-order chi connectivity index (χ0) is 14.6. The van der Waals surface area contributed by atoms with E-state index in [0.29, 0.717) is 12.8 Å². The topological polar surface area (TPSA) is 68.3 Å². The molecule has 0 N–H and O–H groups in total. The third kappa shape index (κ3) is 4.44. The summed E-state index contributed by atoms with van der Waals surface area (Å²) in [6.45, 7) is 1.84.